The number of hydrazone groups is 1. The molecule has 7 heteroatoms. The summed E-state index contributed by atoms with van der Waals surface area (Å²) in [5.41, 5.74) is 6.19. The summed E-state index contributed by atoms with van der Waals surface area (Å²) in [5.74, 6) is 0.330. The van der Waals surface area contributed by atoms with Gasteiger partial charge in [-0.2, -0.15) is 10.1 Å². The molecule has 0 unspecified atom stereocenters. The first kappa shape index (κ1) is 14.6. The van der Waals surface area contributed by atoms with Crippen LogP contribution in [0.15, 0.2) is 53.6 Å². The third kappa shape index (κ3) is 2.47. The van der Waals surface area contributed by atoms with Gasteiger partial charge in [-0.3, -0.25) is 0 Å². The Morgan fingerprint density at radius 1 is 1.08 bits per heavy atom. The smallest absolute Gasteiger partial charge is 0.265 e. The number of halogens is 1. The van der Waals surface area contributed by atoms with Crippen LogP contribution in [0.3, 0.4) is 0 Å². The molecule has 0 saturated heterocycles. The molecule has 2 aromatic heterocycles. The Hall–Kier alpha value is -2.99. The number of aromatic nitrogens is 4. The lowest BCUT2D eigenvalue weighted by atomic mass is 10.2. The zero-order valence-electron chi connectivity index (χ0n) is 12.8. The highest BCUT2D eigenvalue weighted by atomic mass is 35.5. The highest BCUT2D eigenvalue weighted by Crippen LogP contribution is 2.24. The average Bonchev–Trinajstić information content (AvgIpc) is 2.90. The van der Waals surface area contributed by atoms with E-state index >= 15 is 0 Å². The maximum Gasteiger partial charge on any atom is 0.265 e. The van der Waals surface area contributed by atoms with Gasteiger partial charge in [-0.1, -0.05) is 48.0 Å². The maximum absolute atomic E-state index is 6.08. The van der Waals surface area contributed by atoms with E-state index in [0.29, 0.717) is 11.0 Å². The molecule has 0 spiro atoms. The number of nitrogens with zero attached hydrogens (tertiary/aromatic N) is 5. The largest absolute Gasteiger partial charge is 0.327 e. The van der Waals surface area contributed by atoms with Crippen molar-refractivity contribution in [2.75, 3.05) is 5.43 Å². The first-order valence-corrected chi connectivity index (χ1v) is 7.73. The fourth-order valence-electron chi connectivity index (χ4n) is 2.59. The Morgan fingerprint density at radius 3 is 2.75 bits per heavy atom. The molecule has 0 amide bonds. The number of hydrogen-bond acceptors (Lipinski definition) is 5. The first-order valence-electron chi connectivity index (χ1n) is 7.35. The lowest BCUT2D eigenvalue weighted by Gasteiger charge is -2.00. The summed E-state index contributed by atoms with van der Waals surface area (Å²) >= 11 is 6.08. The zero-order chi connectivity index (χ0) is 16.5. The number of para-hydroxylation sites is 1. The van der Waals surface area contributed by atoms with Gasteiger partial charge >= 0.3 is 0 Å². The van der Waals surface area contributed by atoms with Gasteiger partial charge in [-0.25, -0.2) is 5.43 Å². The van der Waals surface area contributed by atoms with Gasteiger partial charge < -0.3 is 4.57 Å². The SMILES string of the molecule is Cn1c2ccccc2c2nnc(N/N=C/c3ccccc3Cl)nc21. The second kappa shape index (κ2) is 5.90. The van der Waals surface area contributed by atoms with E-state index in [0.717, 1.165) is 27.6 Å². The van der Waals surface area contributed by atoms with Crippen molar-refractivity contribution in [2.24, 2.45) is 12.1 Å². The minimum Gasteiger partial charge on any atom is -0.327 e. The van der Waals surface area contributed by atoms with Gasteiger partial charge in [0.1, 0.15) is 5.52 Å². The number of nitrogens with one attached hydrogen (secondary N) is 1. The average molecular weight is 337 g/mol. The third-order valence-electron chi connectivity index (χ3n) is 3.78. The van der Waals surface area contributed by atoms with Crippen LogP contribution in [0.1, 0.15) is 5.56 Å². The summed E-state index contributed by atoms with van der Waals surface area (Å²) in [6, 6.07) is 15.5. The van der Waals surface area contributed by atoms with Gasteiger partial charge in [0.05, 0.1) is 11.7 Å². The third-order valence-corrected chi connectivity index (χ3v) is 4.12. The highest BCUT2D eigenvalue weighted by molar-refractivity contribution is 6.33. The summed E-state index contributed by atoms with van der Waals surface area (Å²) in [6.45, 7) is 0. The van der Waals surface area contributed by atoms with Gasteiger partial charge in [0.2, 0.25) is 0 Å². The summed E-state index contributed by atoms with van der Waals surface area (Å²) in [5, 5.41) is 14.2. The van der Waals surface area contributed by atoms with Gasteiger partial charge in [0.15, 0.2) is 5.65 Å². The predicted molar refractivity (Wildman–Crippen MR) is 96.5 cm³/mol. The molecule has 0 aliphatic carbocycles. The molecule has 118 valence electrons. The molecule has 4 aromatic rings. The van der Waals surface area contributed by atoms with Crippen LogP contribution in [0, 0.1) is 0 Å². The van der Waals surface area contributed by atoms with E-state index in [4.69, 9.17) is 11.6 Å². The second-order valence-corrected chi connectivity index (χ2v) is 5.68. The van der Waals surface area contributed by atoms with Crippen LogP contribution < -0.4 is 5.43 Å². The monoisotopic (exact) mass is 336 g/mol. The van der Waals surface area contributed by atoms with Crippen molar-refractivity contribution < 1.29 is 0 Å². The van der Waals surface area contributed by atoms with Crippen molar-refractivity contribution in [3.8, 4) is 0 Å². The number of benzene rings is 2. The quantitative estimate of drug-likeness (QED) is 0.458. The highest BCUT2D eigenvalue weighted by Gasteiger charge is 2.11. The number of anilines is 1. The van der Waals surface area contributed by atoms with Gasteiger partial charge in [-0.15, -0.1) is 10.2 Å². The Bertz CT molecular complexity index is 1070. The van der Waals surface area contributed by atoms with Crippen molar-refractivity contribution in [3.63, 3.8) is 0 Å². The normalized spacial score (nSPS) is 11.6. The Morgan fingerprint density at radius 2 is 1.88 bits per heavy atom. The van der Waals surface area contributed by atoms with Gasteiger partial charge in [0, 0.05) is 23.0 Å². The van der Waals surface area contributed by atoms with E-state index in [1.165, 1.54) is 0 Å². The number of rotatable bonds is 3. The number of hydrogen-bond donors (Lipinski definition) is 1. The molecule has 0 atom stereocenters. The summed E-state index contributed by atoms with van der Waals surface area (Å²) in [7, 11) is 1.95. The van der Waals surface area contributed by atoms with Gasteiger partial charge in [0.25, 0.3) is 5.95 Å². The molecule has 0 aliphatic heterocycles. The fraction of sp³-hybridized carbons (Fsp3) is 0.0588. The van der Waals surface area contributed by atoms with Gasteiger partial charge in [-0.05, 0) is 12.1 Å². The maximum atomic E-state index is 6.08. The Balaban J connectivity index is 1.67. The molecule has 24 heavy (non-hydrogen) atoms. The molecule has 4 rings (SSSR count). The van der Waals surface area contributed by atoms with E-state index in [-0.39, 0.29) is 0 Å². The molecule has 0 bridgehead atoms. The van der Waals surface area contributed by atoms with E-state index in [9.17, 15) is 0 Å². The van der Waals surface area contributed by atoms with E-state index in [1.54, 1.807) is 6.21 Å². The van der Waals surface area contributed by atoms with E-state index in [1.807, 2.05) is 60.1 Å². The molecule has 2 heterocycles. The first-order chi connectivity index (χ1) is 11.7. The molecule has 0 radical (unpaired) electrons. The molecule has 0 aliphatic rings. The molecular weight excluding hydrogens is 324 g/mol. The minimum atomic E-state index is 0.330. The summed E-state index contributed by atoms with van der Waals surface area (Å²) < 4.78 is 1.99. The number of aryl methyl sites for hydroxylation is 1. The lowest BCUT2D eigenvalue weighted by Crippen LogP contribution is -2.00. The van der Waals surface area contributed by atoms with Crippen molar-refractivity contribution in [3.05, 3.63) is 59.1 Å². The predicted octanol–water partition coefficient (Wildman–Crippen LogP) is 3.62. The van der Waals surface area contributed by atoms with Crippen LogP contribution in [-0.2, 0) is 7.05 Å². The molecule has 1 N–H and O–H groups in total. The fourth-order valence-corrected chi connectivity index (χ4v) is 2.78. The summed E-state index contributed by atoms with van der Waals surface area (Å²) in [6.07, 6.45) is 1.62. The lowest BCUT2D eigenvalue weighted by molar-refractivity contribution is 0.949. The van der Waals surface area contributed by atoms with Crippen LogP contribution in [0.4, 0.5) is 5.95 Å². The van der Waals surface area contributed by atoms with Crippen molar-refractivity contribution in [1.29, 1.82) is 0 Å². The van der Waals surface area contributed by atoms with Crippen LogP contribution in [0.2, 0.25) is 5.02 Å². The second-order valence-electron chi connectivity index (χ2n) is 5.28. The van der Waals surface area contributed by atoms with Crippen molar-refractivity contribution in [2.45, 2.75) is 0 Å². The van der Waals surface area contributed by atoms with Crippen LogP contribution in [-0.4, -0.2) is 26.0 Å². The molecular formula is C17H13ClN6. The van der Waals surface area contributed by atoms with Crippen LogP contribution in [0.5, 0.6) is 0 Å². The zero-order valence-corrected chi connectivity index (χ0v) is 13.6. The molecule has 0 fully saturated rings. The van der Waals surface area contributed by atoms with Crippen molar-refractivity contribution >= 4 is 45.8 Å². The number of fused-ring (bicyclic) bond motifs is 3. The standard InChI is InChI=1S/C17H13ClN6/c1-24-14-9-5-3-7-12(14)15-16(24)20-17(23-21-15)22-19-10-11-6-2-4-8-13(11)18/h2-10H,1H3,(H,20,22,23)/b19-10+. The van der Waals surface area contributed by atoms with Crippen molar-refractivity contribution in [1.82, 2.24) is 19.7 Å². The molecule has 0 saturated carbocycles. The molecule has 6 nitrogen and oxygen atoms in total. The topological polar surface area (TPSA) is 68.0 Å². The Labute approximate surface area is 142 Å². The van der Waals surface area contributed by atoms with E-state index in [2.05, 4.69) is 25.7 Å². The van der Waals surface area contributed by atoms with Crippen LogP contribution in [0.25, 0.3) is 22.1 Å². The molecule has 2 aromatic carbocycles. The summed E-state index contributed by atoms with van der Waals surface area (Å²) in [4.78, 5) is 4.50. The Kier molecular flexibility index (Phi) is 3.59. The van der Waals surface area contributed by atoms with Crippen LogP contribution >= 0.6 is 11.6 Å². The van der Waals surface area contributed by atoms with E-state index < -0.39 is 0 Å². The minimum absolute atomic E-state index is 0.330.